The van der Waals surface area contributed by atoms with Crippen molar-refractivity contribution in [3.63, 3.8) is 0 Å². The Morgan fingerprint density at radius 3 is 2.35 bits per heavy atom. The summed E-state index contributed by atoms with van der Waals surface area (Å²) in [6.45, 7) is 6.69. The second-order valence-corrected chi connectivity index (χ2v) is 5.25. The van der Waals surface area contributed by atoms with Crippen LogP contribution in [0, 0.1) is 0 Å². The highest BCUT2D eigenvalue weighted by Crippen LogP contribution is 2.30. The van der Waals surface area contributed by atoms with Crippen LogP contribution in [0.4, 0.5) is 0 Å². The van der Waals surface area contributed by atoms with E-state index in [4.69, 9.17) is 9.47 Å². The molecule has 0 saturated heterocycles. The Hall–Kier alpha value is -1.22. The second-order valence-electron chi connectivity index (χ2n) is 5.25. The minimum absolute atomic E-state index is 0.316. The van der Waals surface area contributed by atoms with E-state index in [0.29, 0.717) is 12.1 Å². The minimum Gasteiger partial charge on any atom is -0.493 e. The summed E-state index contributed by atoms with van der Waals surface area (Å²) in [5, 5.41) is 3.71. The Morgan fingerprint density at radius 1 is 1.10 bits per heavy atom. The maximum atomic E-state index is 5.37. The van der Waals surface area contributed by atoms with Crippen molar-refractivity contribution in [2.24, 2.45) is 0 Å². The van der Waals surface area contributed by atoms with Gasteiger partial charge in [0.1, 0.15) is 0 Å². The van der Waals surface area contributed by atoms with E-state index in [-0.39, 0.29) is 0 Å². The Bertz CT molecular complexity index is 393. The van der Waals surface area contributed by atoms with Gasteiger partial charge < -0.3 is 14.8 Å². The van der Waals surface area contributed by atoms with Gasteiger partial charge in [0.25, 0.3) is 0 Å². The highest BCUT2D eigenvalue weighted by Gasteiger charge is 2.13. The van der Waals surface area contributed by atoms with Crippen molar-refractivity contribution in [1.82, 2.24) is 5.32 Å². The van der Waals surface area contributed by atoms with Gasteiger partial charge >= 0.3 is 0 Å². The molecule has 0 bridgehead atoms. The molecule has 0 fully saturated rings. The van der Waals surface area contributed by atoms with Crippen LogP contribution in [0.15, 0.2) is 18.2 Å². The van der Waals surface area contributed by atoms with E-state index in [2.05, 4.69) is 38.2 Å². The lowest BCUT2D eigenvalue weighted by atomic mass is 10.0. The number of nitrogens with one attached hydrogen (secondary N) is 1. The van der Waals surface area contributed by atoms with Gasteiger partial charge in [-0.3, -0.25) is 0 Å². The van der Waals surface area contributed by atoms with Gasteiger partial charge in [-0.1, -0.05) is 32.8 Å². The molecular formula is C17H29NO2. The van der Waals surface area contributed by atoms with Crippen molar-refractivity contribution < 1.29 is 9.47 Å². The number of rotatable bonds is 9. The molecule has 1 N–H and O–H groups in total. The zero-order chi connectivity index (χ0) is 15.0. The average Bonchev–Trinajstić information content (AvgIpc) is 2.50. The van der Waals surface area contributed by atoms with Crippen molar-refractivity contribution >= 4 is 0 Å². The first-order valence-electron chi connectivity index (χ1n) is 7.64. The third-order valence-electron chi connectivity index (χ3n) is 3.79. The molecule has 0 amide bonds. The Labute approximate surface area is 123 Å². The zero-order valence-corrected chi connectivity index (χ0v) is 13.5. The van der Waals surface area contributed by atoms with Crippen LogP contribution in [0.1, 0.15) is 58.1 Å². The van der Waals surface area contributed by atoms with Crippen LogP contribution >= 0.6 is 0 Å². The standard InChI is InChI=1S/C17H29NO2/c1-6-8-9-15(7-2)18-13(3)14-10-11-16(19-4)17(12-14)20-5/h10-13,15,18H,6-9H2,1-5H3. The maximum Gasteiger partial charge on any atom is 0.161 e. The fourth-order valence-corrected chi connectivity index (χ4v) is 2.43. The van der Waals surface area contributed by atoms with Crippen molar-refractivity contribution in [2.75, 3.05) is 14.2 Å². The number of methoxy groups -OCH3 is 2. The molecule has 20 heavy (non-hydrogen) atoms. The number of unbranched alkanes of at least 4 members (excludes halogenated alkanes) is 1. The monoisotopic (exact) mass is 279 g/mol. The molecular weight excluding hydrogens is 250 g/mol. The second kappa shape index (κ2) is 8.85. The van der Waals surface area contributed by atoms with Crippen molar-refractivity contribution in [1.29, 1.82) is 0 Å². The molecule has 0 aliphatic heterocycles. The largest absolute Gasteiger partial charge is 0.493 e. The van der Waals surface area contributed by atoms with Gasteiger partial charge in [-0.2, -0.15) is 0 Å². The summed E-state index contributed by atoms with van der Waals surface area (Å²) in [6, 6.07) is 7.03. The third-order valence-corrected chi connectivity index (χ3v) is 3.79. The van der Waals surface area contributed by atoms with E-state index in [1.165, 1.54) is 24.8 Å². The summed E-state index contributed by atoms with van der Waals surface area (Å²) in [5.41, 5.74) is 1.23. The normalized spacial score (nSPS) is 13.8. The number of hydrogen-bond donors (Lipinski definition) is 1. The molecule has 3 heteroatoms. The van der Waals surface area contributed by atoms with E-state index < -0.39 is 0 Å². The summed E-state index contributed by atoms with van der Waals surface area (Å²) in [6.07, 6.45) is 4.94. The summed E-state index contributed by atoms with van der Waals surface area (Å²) in [5.74, 6) is 1.57. The predicted octanol–water partition coefficient (Wildman–Crippen LogP) is 4.32. The molecule has 2 unspecified atom stereocenters. The van der Waals surface area contributed by atoms with Gasteiger partial charge in [-0.05, 0) is 37.5 Å². The van der Waals surface area contributed by atoms with E-state index >= 15 is 0 Å². The molecule has 0 aliphatic rings. The van der Waals surface area contributed by atoms with E-state index in [1.54, 1.807) is 14.2 Å². The van der Waals surface area contributed by atoms with E-state index in [1.807, 2.05) is 6.07 Å². The highest BCUT2D eigenvalue weighted by molar-refractivity contribution is 5.43. The van der Waals surface area contributed by atoms with Gasteiger partial charge in [0.2, 0.25) is 0 Å². The molecule has 0 aliphatic carbocycles. The minimum atomic E-state index is 0.316. The molecule has 0 spiro atoms. The van der Waals surface area contributed by atoms with Crippen molar-refractivity contribution in [3.8, 4) is 11.5 Å². The summed E-state index contributed by atoms with van der Waals surface area (Å²) in [4.78, 5) is 0. The lowest BCUT2D eigenvalue weighted by Crippen LogP contribution is -2.31. The van der Waals surface area contributed by atoms with Crippen LogP contribution in [0.5, 0.6) is 11.5 Å². The first kappa shape index (κ1) is 16.8. The lowest BCUT2D eigenvalue weighted by Gasteiger charge is -2.23. The van der Waals surface area contributed by atoms with Gasteiger partial charge in [0, 0.05) is 12.1 Å². The van der Waals surface area contributed by atoms with Gasteiger partial charge in [0.15, 0.2) is 11.5 Å². The fraction of sp³-hybridized carbons (Fsp3) is 0.647. The van der Waals surface area contributed by atoms with Gasteiger partial charge in [-0.15, -0.1) is 0 Å². The SMILES string of the molecule is CCCCC(CC)NC(C)c1ccc(OC)c(OC)c1. The van der Waals surface area contributed by atoms with Crippen LogP contribution in [0.3, 0.4) is 0 Å². The van der Waals surface area contributed by atoms with Gasteiger partial charge in [-0.25, -0.2) is 0 Å². The van der Waals surface area contributed by atoms with Crippen LogP contribution < -0.4 is 14.8 Å². The van der Waals surface area contributed by atoms with Crippen molar-refractivity contribution in [3.05, 3.63) is 23.8 Å². The van der Waals surface area contributed by atoms with E-state index in [9.17, 15) is 0 Å². The molecule has 0 radical (unpaired) electrons. The molecule has 3 nitrogen and oxygen atoms in total. The van der Waals surface area contributed by atoms with Crippen LogP contribution in [0.25, 0.3) is 0 Å². The third kappa shape index (κ3) is 4.71. The number of ether oxygens (including phenoxy) is 2. The molecule has 0 aromatic heterocycles. The fourth-order valence-electron chi connectivity index (χ4n) is 2.43. The average molecular weight is 279 g/mol. The number of hydrogen-bond acceptors (Lipinski definition) is 3. The smallest absolute Gasteiger partial charge is 0.161 e. The van der Waals surface area contributed by atoms with Crippen LogP contribution in [0.2, 0.25) is 0 Å². The molecule has 114 valence electrons. The van der Waals surface area contributed by atoms with E-state index in [0.717, 1.165) is 17.9 Å². The summed E-state index contributed by atoms with van der Waals surface area (Å²) in [7, 11) is 3.34. The predicted molar refractivity (Wildman–Crippen MR) is 84.7 cm³/mol. The molecule has 2 atom stereocenters. The number of benzene rings is 1. The quantitative estimate of drug-likeness (QED) is 0.730. The first-order valence-corrected chi connectivity index (χ1v) is 7.64. The Balaban J connectivity index is 2.73. The maximum absolute atomic E-state index is 5.37. The topological polar surface area (TPSA) is 30.5 Å². The molecule has 1 aromatic carbocycles. The molecule has 0 saturated carbocycles. The summed E-state index contributed by atoms with van der Waals surface area (Å²) < 4.78 is 10.7. The molecule has 1 aromatic rings. The van der Waals surface area contributed by atoms with Gasteiger partial charge in [0.05, 0.1) is 14.2 Å². The highest BCUT2D eigenvalue weighted by atomic mass is 16.5. The Morgan fingerprint density at radius 2 is 1.80 bits per heavy atom. The summed E-state index contributed by atoms with van der Waals surface area (Å²) >= 11 is 0. The lowest BCUT2D eigenvalue weighted by molar-refractivity contribution is 0.353. The zero-order valence-electron chi connectivity index (χ0n) is 13.5. The first-order chi connectivity index (χ1) is 9.65. The van der Waals surface area contributed by atoms with Crippen LogP contribution in [-0.4, -0.2) is 20.3 Å². The molecule has 0 heterocycles. The van der Waals surface area contributed by atoms with Crippen LogP contribution in [-0.2, 0) is 0 Å². The van der Waals surface area contributed by atoms with Crippen molar-refractivity contribution in [2.45, 2.75) is 58.5 Å². The molecule has 1 rings (SSSR count). The Kier molecular flexibility index (Phi) is 7.45.